The number of aromatic nitrogens is 1. The van der Waals surface area contributed by atoms with E-state index >= 15 is 0 Å². The largest absolute Gasteiger partial charge is 0.337 e. The molecule has 0 radical (unpaired) electrons. The standard InChI is InChI=1S/C27H26FN3O2/c1-2-13-30-14-15-31(26(32)22-5-3-7-25(28)17-22)19-24(27(30)33)16-20-8-10-21(11-9-20)23-6-4-12-29-18-23/h2-12,17-18,24H,1,13-16,19H2. The average molecular weight is 444 g/mol. The van der Waals surface area contributed by atoms with Crippen molar-refractivity contribution in [2.75, 3.05) is 26.2 Å². The van der Waals surface area contributed by atoms with Gasteiger partial charge in [0.25, 0.3) is 5.91 Å². The van der Waals surface area contributed by atoms with Gasteiger partial charge in [-0.15, -0.1) is 6.58 Å². The predicted molar refractivity (Wildman–Crippen MR) is 126 cm³/mol. The van der Waals surface area contributed by atoms with Gasteiger partial charge in [-0.3, -0.25) is 14.6 Å². The fourth-order valence-corrected chi connectivity index (χ4v) is 4.17. The minimum absolute atomic E-state index is 0.000720. The van der Waals surface area contributed by atoms with Crippen LogP contribution in [0.4, 0.5) is 4.39 Å². The first-order valence-corrected chi connectivity index (χ1v) is 11.0. The Morgan fingerprint density at radius 2 is 1.91 bits per heavy atom. The molecule has 33 heavy (non-hydrogen) atoms. The van der Waals surface area contributed by atoms with Crippen LogP contribution in [0.5, 0.6) is 0 Å². The lowest BCUT2D eigenvalue weighted by Crippen LogP contribution is -2.38. The summed E-state index contributed by atoms with van der Waals surface area (Å²) in [6.45, 7) is 5.28. The molecule has 1 atom stereocenters. The van der Waals surface area contributed by atoms with E-state index in [1.165, 1.54) is 18.2 Å². The summed E-state index contributed by atoms with van der Waals surface area (Å²) >= 11 is 0. The first-order chi connectivity index (χ1) is 16.0. The molecular formula is C27H26FN3O2. The van der Waals surface area contributed by atoms with Gasteiger partial charge >= 0.3 is 0 Å². The monoisotopic (exact) mass is 443 g/mol. The molecule has 1 saturated heterocycles. The zero-order chi connectivity index (χ0) is 23.2. The molecule has 0 N–H and O–H groups in total. The molecule has 5 nitrogen and oxygen atoms in total. The SMILES string of the molecule is C=CCN1CCN(C(=O)c2cccc(F)c2)CC(Cc2ccc(-c3cccnc3)cc2)C1=O. The van der Waals surface area contributed by atoms with Gasteiger partial charge in [0.1, 0.15) is 5.82 Å². The Hall–Kier alpha value is -3.80. The molecule has 0 saturated carbocycles. The minimum atomic E-state index is -0.453. The van der Waals surface area contributed by atoms with Crippen LogP contribution in [0.3, 0.4) is 0 Å². The average Bonchev–Trinajstić information content (AvgIpc) is 2.99. The number of amides is 2. The summed E-state index contributed by atoms with van der Waals surface area (Å²) in [6.07, 6.45) is 5.75. The van der Waals surface area contributed by atoms with Crippen molar-refractivity contribution < 1.29 is 14.0 Å². The highest BCUT2D eigenvalue weighted by Crippen LogP contribution is 2.22. The molecule has 0 bridgehead atoms. The molecule has 168 valence electrons. The highest BCUT2D eigenvalue weighted by Gasteiger charge is 2.32. The summed E-state index contributed by atoms with van der Waals surface area (Å²) in [6, 6.07) is 17.6. The molecule has 3 aromatic rings. The number of carbonyl (C=O) groups is 2. The van der Waals surface area contributed by atoms with Crippen LogP contribution in [0.2, 0.25) is 0 Å². The summed E-state index contributed by atoms with van der Waals surface area (Å²) < 4.78 is 13.7. The van der Waals surface area contributed by atoms with Gasteiger partial charge in [-0.25, -0.2) is 4.39 Å². The van der Waals surface area contributed by atoms with Crippen molar-refractivity contribution in [1.82, 2.24) is 14.8 Å². The quantitative estimate of drug-likeness (QED) is 0.536. The lowest BCUT2D eigenvalue weighted by molar-refractivity contribution is -0.134. The number of halogens is 1. The van der Waals surface area contributed by atoms with E-state index in [-0.39, 0.29) is 18.4 Å². The third-order valence-electron chi connectivity index (χ3n) is 5.88. The van der Waals surface area contributed by atoms with Crippen molar-refractivity contribution in [3.8, 4) is 11.1 Å². The second-order valence-corrected chi connectivity index (χ2v) is 8.17. The molecule has 1 unspecified atom stereocenters. The zero-order valence-corrected chi connectivity index (χ0v) is 18.4. The van der Waals surface area contributed by atoms with Crippen LogP contribution in [0.15, 0.2) is 85.7 Å². The fourth-order valence-electron chi connectivity index (χ4n) is 4.17. The first-order valence-electron chi connectivity index (χ1n) is 11.0. The fraction of sp³-hybridized carbons (Fsp3) is 0.222. The van der Waals surface area contributed by atoms with Crippen molar-refractivity contribution in [3.05, 3.63) is 103 Å². The third kappa shape index (κ3) is 5.34. The Labute approximate surface area is 193 Å². The van der Waals surface area contributed by atoms with Crippen molar-refractivity contribution in [2.24, 2.45) is 5.92 Å². The number of hydrogen-bond acceptors (Lipinski definition) is 3. The van der Waals surface area contributed by atoms with Gasteiger partial charge in [-0.05, 0) is 47.4 Å². The molecule has 1 fully saturated rings. The number of rotatable bonds is 6. The summed E-state index contributed by atoms with van der Waals surface area (Å²) in [5.41, 5.74) is 3.38. The molecule has 0 aliphatic carbocycles. The molecular weight excluding hydrogens is 417 g/mol. The highest BCUT2D eigenvalue weighted by atomic mass is 19.1. The van der Waals surface area contributed by atoms with E-state index in [0.717, 1.165) is 16.7 Å². The number of carbonyl (C=O) groups excluding carboxylic acids is 2. The summed E-state index contributed by atoms with van der Waals surface area (Å²) in [7, 11) is 0. The van der Waals surface area contributed by atoms with Gasteiger partial charge < -0.3 is 9.80 Å². The molecule has 1 aromatic heterocycles. The first kappa shape index (κ1) is 22.4. The molecule has 6 heteroatoms. The van der Waals surface area contributed by atoms with E-state index in [0.29, 0.717) is 31.6 Å². The van der Waals surface area contributed by atoms with E-state index < -0.39 is 11.7 Å². The van der Waals surface area contributed by atoms with Crippen LogP contribution in [0.1, 0.15) is 15.9 Å². The van der Waals surface area contributed by atoms with Gasteiger partial charge in [-0.2, -0.15) is 0 Å². The van der Waals surface area contributed by atoms with Crippen LogP contribution in [0.25, 0.3) is 11.1 Å². The molecule has 4 rings (SSSR count). The van der Waals surface area contributed by atoms with Crippen molar-refractivity contribution >= 4 is 11.8 Å². The van der Waals surface area contributed by atoms with Gasteiger partial charge in [0.15, 0.2) is 0 Å². The highest BCUT2D eigenvalue weighted by molar-refractivity contribution is 5.95. The number of nitrogens with zero attached hydrogens (tertiary/aromatic N) is 3. The Morgan fingerprint density at radius 3 is 2.61 bits per heavy atom. The second kappa shape index (κ2) is 10.2. The maximum atomic E-state index is 13.7. The number of benzene rings is 2. The Morgan fingerprint density at radius 1 is 1.09 bits per heavy atom. The molecule has 2 heterocycles. The third-order valence-corrected chi connectivity index (χ3v) is 5.88. The lowest BCUT2D eigenvalue weighted by Gasteiger charge is -2.24. The number of hydrogen-bond donors (Lipinski definition) is 0. The summed E-state index contributed by atoms with van der Waals surface area (Å²) in [5, 5.41) is 0. The Kier molecular flexibility index (Phi) is 6.93. The van der Waals surface area contributed by atoms with Crippen LogP contribution >= 0.6 is 0 Å². The normalized spacial score (nSPS) is 16.4. The molecule has 1 aliphatic rings. The van der Waals surface area contributed by atoms with E-state index in [1.54, 1.807) is 28.1 Å². The molecule has 0 spiro atoms. The van der Waals surface area contributed by atoms with Crippen LogP contribution in [0, 0.1) is 11.7 Å². The Balaban J connectivity index is 1.55. The number of pyridine rings is 1. The van der Waals surface area contributed by atoms with E-state index in [1.807, 2.05) is 42.6 Å². The molecule has 2 aromatic carbocycles. The maximum absolute atomic E-state index is 13.7. The lowest BCUT2D eigenvalue weighted by atomic mass is 9.95. The minimum Gasteiger partial charge on any atom is -0.337 e. The predicted octanol–water partition coefficient (Wildman–Crippen LogP) is 4.22. The Bertz CT molecular complexity index is 1130. The molecule has 1 aliphatic heterocycles. The molecule has 2 amide bonds. The van der Waals surface area contributed by atoms with Crippen molar-refractivity contribution in [1.29, 1.82) is 0 Å². The smallest absolute Gasteiger partial charge is 0.254 e. The van der Waals surface area contributed by atoms with E-state index in [2.05, 4.69) is 11.6 Å². The van der Waals surface area contributed by atoms with Gasteiger partial charge in [0.05, 0.1) is 5.92 Å². The second-order valence-electron chi connectivity index (χ2n) is 8.17. The summed E-state index contributed by atoms with van der Waals surface area (Å²) in [5.74, 6) is -1.11. The topological polar surface area (TPSA) is 53.5 Å². The van der Waals surface area contributed by atoms with Crippen LogP contribution in [-0.2, 0) is 11.2 Å². The van der Waals surface area contributed by atoms with Gasteiger partial charge in [0.2, 0.25) is 5.91 Å². The summed E-state index contributed by atoms with van der Waals surface area (Å²) in [4.78, 5) is 33.9. The maximum Gasteiger partial charge on any atom is 0.254 e. The van der Waals surface area contributed by atoms with Gasteiger partial charge in [0, 0.05) is 44.1 Å². The van der Waals surface area contributed by atoms with Crippen molar-refractivity contribution in [2.45, 2.75) is 6.42 Å². The van der Waals surface area contributed by atoms with E-state index in [9.17, 15) is 14.0 Å². The van der Waals surface area contributed by atoms with Crippen LogP contribution < -0.4 is 0 Å². The zero-order valence-electron chi connectivity index (χ0n) is 18.4. The van der Waals surface area contributed by atoms with Gasteiger partial charge in [-0.1, -0.05) is 42.5 Å². The van der Waals surface area contributed by atoms with Crippen LogP contribution in [-0.4, -0.2) is 52.8 Å². The van der Waals surface area contributed by atoms with Crippen molar-refractivity contribution in [3.63, 3.8) is 0 Å². The van der Waals surface area contributed by atoms with E-state index in [4.69, 9.17) is 0 Å².